The van der Waals surface area contributed by atoms with Gasteiger partial charge in [0, 0.05) is 35.1 Å². The Morgan fingerprint density at radius 2 is 1.61 bits per heavy atom. The zero-order chi connectivity index (χ0) is 22.5. The lowest BCUT2D eigenvalue weighted by Crippen LogP contribution is -2.30. The molecule has 2 N–H and O–H groups in total. The summed E-state index contributed by atoms with van der Waals surface area (Å²) in [6, 6.07) is 11.8. The standard InChI is InChI=1S/C23H25N3O5/c1-13-14(2)25-21(24-13)16-6-8-17(9-7-16)23(28)31-15(3)22(27)26-18-10-19(29-4)12-20(11-18)30-5/h6-12,15H,1-5H3,(H,24,25)(H,26,27). The van der Waals surface area contributed by atoms with Crippen LogP contribution in [-0.4, -0.2) is 42.2 Å². The van der Waals surface area contributed by atoms with Gasteiger partial charge in [-0.15, -0.1) is 0 Å². The SMILES string of the molecule is COc1cc(NC(=O)C(C)OC(=O)c2ccc(-c3nc(C)c(C)[nH]3)cc2)cc(OC)c1. The number of nitrogens with zero attached hydrogens (tertiary/aromatic N) is 1. The summed E-state index contributed by atoms with van der Waals surface area (Å²) in [5.74, 6) is 0.727. The molecule has 0 aliphatic rings. The minimum atomic E-state index is -1.00. The van der Waals surface area contributed by atoms with Gasteiger partial charge in [0.05, 0.1) is 25.5 Å². The maximum Gasteiger partial charge on any atom is 0.338 e. The van der Waals surface area contributed by atoms with E-state index in [9.17, 15) is 9.59 Å². The van der Waals surface area contributed by atoms with E-state index in [4.69, 9.17) is 14.2 Å². The minimum Gasteiger partial charge on any atom is -0.497 e. The highest BCUT2D eigenvalue weighted by Crippen LogP contribution is 2.26. The van der Waals surface area contributed by atoms with Crippen LogP contribution in [0.5, 0.6) is 11.5 Å². The van der Waals surface area contributed by atoms with Crippen molar-refractivity contribution in [2.24, 2.45) is 0 Å². The molecule has 3 rings (SSSR count). The molecule has 0 aliphatic heterocycles. The number of methoxy groups -OCH3 is 2. The van der Waals surface area contributed by atoms with Gasteiger partial charge in [-0.2, -0.15) is 0 Å². The number of carbonyl (C=O) groups excluding carboxylic acids is 2. The Bertz CT molecular complexity index is 1050. The quantitative estimate of drug-likeness (QED) is 0.559. The first-order chi connectivity index (χ1) is 14.8. The van der Waals surface area contributed by atoms with Gasteiger partial charge >= 0.3 is 5.97 Å². The van der Waals surface area contributed by atoms with Gasteiger partial charge in [0.1, 0.15) is 17.3 Å². The average Bonchev–Trinajstić information content (AvgIpc) is 3.11. The Morgan fingerprint density at radius 3 is 2.13 bits per heavy atom. The Labute approximate surface area is 180 Å². The van der Waals surface area contributed by atoms with Crippen LogP contribution in [0.2, 0.25) is 0 Å². The number of aromatic amines is 1. The lowest BCUT2D eigenvalue weighted by molar-refractivity contribution is -0.123. The molecule has 0 fully saturated rings. The van der Waals surface area contributed by atoms with E-state index in [1.807, 2.05) is 13.8 Å². The van der Waals surface area contributed by atoms with Gasteiger partial charge in [0.15, 0.2) is 6.10 Å². The number of aromatic nitrogens is 2. The lowest BCUT2D eigenvalue weighted by atomic mass is 10.1. The number of nitrogens with one attached hydrogen (secondary N) is 2. The maximum absolute atomic E-state index is 12.5. The van der Waals surface area contributed by atoms with E-state index in [-0.39, 0.29) is 0 Å². The number of carbonyl (C=O) groups is 2. The molecule has 0 aliphatic carbocycles. The van der Waals surface area contributed by atoms with E-state index in [1.165, 1.54) is 21.1 Å². The predicted molar refractivity (Wildman–Crippen MR) is 117 cm³/mol. The fourth-order valence-electron chi connectivity index (χ4n) is 2.85. The van der Waals surface area contributed by atoms with Crippen LogP contribution >= 0.6 is 0 Å². The number of ether oxygens (including phenoxy) is 3. The molecular weight excluding hydrogens is 398 g/mol. The van der Waals surface area contributed by atoms with Crippen LogP contribution in [0.1, 0.15) is 28.7 Å². The van der Waals surface area contributed by atoms with Crippen LogP contribution in [0, 0.1) is 13.8 Å². The first-order valence-corrected chi connectivity index (χ1v) is 9.69. The molecule has 162 valence electrons. The van der Waals surface area contributed by atoms with Crippen LogP contribution in [0.25, 0.3) is 11.4 Å². The molecule has 2 aromatic carbocycles. The number of hydrogen-bond donors (Lipinski definition) is 2. The number of hydrogen-bond acceptors (Lipinski definition) is 6. The third kappa shape index (κ3) is 5.22. The number of amides is 1. The second-order valence-electron chi connectivity index (χ2n) is 7.01. The van der Waals surface area contributed by atoms with Gasteiger partial charge < -0.3 is 24.5 Å². The van der Waals surface area contributed by atoms with E-state index >= 15 is 0 Å². The van der Waals surface area contributed by atoms with Crippen LogP contribution < -0.4 is 14.8 Å². The summed E-state index contributed by atoms with van der Waals surface area (Å²) in [4.78, 5) is 32.6. The second-order valence-corrected chi connectivity index (χ2v) is 7.01. The van der Waals surface area contributed by atoms with E-state index < -0.39 is 18.0 Å². The fourth-order valence-corrected chi connectivity index (χ4v) is 2.85. The van der Waals surface area contributed by atoms with Gasteiger partial charge in [-0.25, -0.2) is 9.78 Å². The molecule has 0 spiro atoms. The number of benzene rings is 2. The van der Waals surface area contributed by atoms with Crippen molar-refractivity contribution in [3.05, 3.63) is 59.4 Å². The van der Waals surface area contributed by atoms with E-state index in [2.05, 4.69) is 15.3 Å². The highest BCUT2D eigenvalue weighted by molar-refractivity contribution is 5.97. The van der Waals surface area contributed by atoms with Crippen molar-refractivity contribution in [1.29, 1.82) is 0 Å². The molecule has 0 radical (unpaired) electrons. The zero-order valence-electron chi connectivity index (χ0n) is 18.1. The molecule has 3 aromatic rings. The van der Waals surface area contributed by atoms with Gasteiger partial charge in [-0.05, 0) is 32.9 Å². The smallest absolute Gasteiger partial charge is 0.338 e. The number of imidazole rings is 1. The van der Waals surface area contributed by atoms with Crippen molar-refractivity contribution in [2.75, 3.05) is 19.5 Å². The normalized spacial score (nSPS) is 11.5. The highest BCUT2D eigenvalue weighted by Gasteiger charge is 2.20. The van der Waals surface area contributed by atoms with Crippen LogP contribution in [0.4, 0.5) is 5.69 Å². The average molecular weight is 423 g/mol. The van der Waals surface area contributed by atoms with Crippen molar-refractivity contribution in [3.63, 3.8) is 0 Å². The van der Waals surface area contributed by atoms with Crippen molar-refractivity contribution in [3.8, 4) is 22.9 Å². The summed E-state index contributed by atoms with van der Waals surface area (Å²) in [6.07, 6.45) is -1.00. The molecule has 1 atom stereocenters. The van der Waals surface area contributed by atoms with Gasteiger partial charge in [-0.1, -0.05) is 12.1 Å². The first-order valence-electron chi connectivity index (χ1n) is 9.69. The summed E-state index contributed by atoms with van der Waals surface area (Å²) in [5, 5.41) is 2.70. The molecule has 8 nitrogen and oxygen atoms in total. The Morgan fingerprint density at radius 1 is 1.00 bits per heavy atom. The van der Waals surface area contributed by atoms with Crippen molar-refractivity contribution < 1.29 is 23.8 Å². The van der Waals surface area contributed by atoms with E-state index in [0.29, 0.717) is 22.7 Å². The molecule has 1 aromatic heterocycles. The molecule has 0 saturated carbocycles. The lowest BCUT2D eigenvalue weighted by Gasteiger charge is -2.15. The van der Waals surface area contributed by atoms with Gasteiger partial charge in [0.25, 0.3) is 5.91 Å². The van der Waals surface area contributed by atoms with Gasteiger partial charge in [0.2, 0.25) is 0 Å². The molecule has 1 heterocycles. The summed E-state index contributed by atoms with van der Waals surface area (Å²) in [6.45, 7) is 5.38. The van der Waals surface area contributed by atoms with Crippen molar-refractivity contribution in [2.45, 2.75) is 26.9 Å². The number of aryl methyl sites for hydroxylation is 2. The summed E-state index contributed by atoms with van der Waals surface area (Å²) < 4.78 is 15.7. The third-order valence-corrected chi connectivity index (χ3v) is 4.79. The predicted octanol–water partition coefficient (Wildman–Crippen LogP) is 3.89. The van der Waals surface area contributed by atoms with Crippen molar-refractivity contribution in [1.82, 2.24) is 9.97 Å². The Hall–Kier alpha value is -3.81. The summed E-state index contributed by atoms with van der Waals surface area (Å²) in [7, 11) is 3.04. The van der Waals surface area contributed by atoms with E-state index in [0.717, 1.165) is 22.8 Å². The zero-order valence-corrected chi connectivity index (χ0v) is 18.1. The number of H-pyrrole nitrogens is 1. The fraction of sp³-hybridized carbons (Fsp3) is 0.261. The first kappa shape index (κ1) is 21.9. The summed E-state index contributed by atoms with van der Waals surface area (Å²) >= 11 is 0. The Kier molecular flexibility index (Phi) is 6.59. The molecule has 0 bridgehead atoms. The Balaban J connectivity index is 1.64. The van der Waals surface area contributed by atoms with E-state index in [1.54, 1.807) is 42.5 Å². The molecule has 0 saturated heterocycles. The molecule has 1 amide bonds. The molecule has 31 heavy (non-hydrogen) atoms. The van der Waals surface area contributed by atoms with Crippen LogP contribution in [-0.2, 0) is 9.53 Å². The second kappa shape index (κ2) is 9.34. The van der Waals surface area contributed by atoms with Crippen LogP contribution in [0.15, 0.2) is 42.5 Å². The molecule has 1 unspecified atom stereocenters. The largest absolute Gasteiger partial charge is 0.497 e. The number of esters is 1. The third-order valence-electron chi connectivity index (χ3n) is 4.79. The van der Waals surface area contributed by atoms with Crippen LogP contribution in [0.3, 0.4) is 0 Å². The minimum absolute atomic E-state index is 0.339. The molecule has 8 heteroatoms. The topological polar surface area (TPSA) is 103 Å². The highest BCUT2D eigenvalue weighted by atomic mass is 16.5. The monoisotopic (exact) mass is 423 g/mol. The van der Waals surface area contributed by atoms with Crippen molar-refractivity contribution >= 4 is 17.6 Å². The maximum atomic E-state index is 12.5. The number of rotatable bonds is 7. The number of anilines is 1. The summed E-state index contributed by atoms with van der Waals surface area (Å²) in [5.41, 5.74) is 3.58. The van der Waals surface area contributed by atoms with Gasteiger partial charge in [-0.3, -0.25) is 4.79 Å². The molecular formula is C23H25N3O5.